The molecule has 1 saturated heterocycles. The largest absolute Gasteiger partial charge is 0.491 e. The lowest BCUT2D eigenvalue weighted by molar-refractivity contribution is -0.125. The van der Waals surface area contributed by atoms with Crippen LogP contribution in [-0.2, 0) is 4.79 Å². The molecule has 1 aliphatic rings. The molecule has 0 bridgehead atoms. The van der Waals surface area contributed by atoms with Crippen molar-refractivity contribution in [2.45, 2.75) is 45.4 Å². The Morgan fingerprint density at radius 3 is 2.62 bits per heavy atom. The number of hydrazine groups is 2. The maximum Gasteiger partial charge on any atom is 0.240 e. The molecule has 0 saturated carbocycles. The molecule has 4 atom stereocenters. The molecule has 1 aromatic rings. The molecule has 21 heavy (non-hydrogen) atoms. The molecule has 1 amide bonds. The molecular weight excluding hydrogens is 268 g/mol. The number of rotatable bonds is 5. The van der Waals surface area contributed by atoms with Gasteiger partial charge in [-0.25, -0.2) is 11.3 Å². The van der Waals surface area contributed by atoms with Crippen molar-refractivity contribution < 1.29 is 9.53 Å². The van der Waals surface area contributed by atoms with Crippen molar-refractivity contribution in [3.05, 3.63) is 29.8 Å². The molecule has 4 unspecified atom stereocenters. The van der Waals surface area contributed by atoms with E-state index in [1.54, 1.807) is 0 Å². The van der Waals surface area contributed by atoms with Crippen LogP contribution in [0.2, 0.25) is 0 Å². The number of hydrogen-bond donors (Lipinski definition) is 4. The van der Waals surface area contributed by atoms with Crippen molar-refractivity contribution >= 4 is 5.91 Å². The molecule has 0 spiro atoms. The van der Waals surface area contributed by atoms with Gasteiger partial charge in [-0.15, -0.1) is 0 Å². The van der Waals surface area contributed by atoms with Gasteiger partial charge in [-0.1, -0.05) is 19.1 Å². The monoisotopic (exact) mass is 292 g/mol. The van der Waals surface area contributed by atoms with E-state index >= 15 is 0 Å². The highest BCUT2D eigenvalue weighted by Gasteiger charge is 2.39. The normalized spacial score (nSPS) is 26.4. The second-order valence-electron chi connectivity index (χ2n) is 5.50. The summed E-state index contributed by atoms with van der Waals surface area (Å²) in [5.41, 5.74) is 9.51. The van der Waals surface area contributed by atoms with Gasteiger partial charge >= 0.3 is 0 Å². The molecule has 116 valence electrons. The standard InChI is InChI=1S/C15H24N4O2/c1-4-9(2)21-12-7-5-11(6-8-12)14-13(15(20)17-16)10(3)18-19-14/h5-10,13-14,18-19H,4,16H2,1-3H3,(H,17,20). The fourth-order valence-corrected chi connectivity index (χ4v) is 2.52. The lowest BCUT2D eigenvalue weighted by Crippen LogP contribution is -2.41. The molecule has 1 fully saturated rings. The Morgan fingerprint density at radius 2 is 2.05 bits per heavy atom. The zero-order valence-electron chi connectivity index (χ0n) is 12.7. The highest BCUT2D eigenvalue weighted by Crippen LogP contribution is 2.30. The molecule has 1 aromatic carbocycles. The van der Waals surface area contributed by atoms with Crippen LogP contribution in [0.4, 0.5) is 0 Å². The first-order valence-corrected chi connectivity index (χ1v) is 7.35. The Labute approximate surface area is 125 Å². The summed E-state index contributed by atoms with van der Waals surface area (Å²) in [5, 5.41) is 0. The van der Waals surface area contributed by atoms with Crippen LogP contribution in [0.25, 0.3) is 0 Å². The maximum atomic E-state index is 11.9. The van der Waals surface area contributed by atoms with Crippen LogP contribution < -0.4 is 26.9 Å². The molecule has 0 aliphatic carbocycles. The molecule has 0 radical (unpaired) electrons. The molecule has 6 nitrogen and oxygen atoms in total. The lowest BCUT2D eigenvalue weighted by Gasteiger charge is -2.20. The van der Waals surface area contributed by atoms with Crippen molar-refractivity contribution in [3.8, 4) is 5.75 Å². The van der Waals surface area contributed by atoms with Crippen LogP contribution in [0.1, 0.15) is 38.8 Å². The number of amides is 1. The summed E-state index contributed by atoms with van der Waals surface area (Å²) in [5.74, 6) is 5.68. The van der Waals surface area contributed by atoms with Gasteiger partial charge in [0.15, 0.2) is 0 Å². The van der Waals surface area contributed by atoms with Gasteiger partial charge in [-0.05, 0) is 38.0 Å². The Balaban J connectivity index is 2.12. The minimum atomic E-state index is -0.253. The third-order valence-corrected chi connectivity index (χ3v) is 3.96. The highest BCUT2D eigenvalue weighted by atomic mass is 16.5. The first-order valence-electron chi connectivity index (χ1n) is 7.35. The summed E-state index contributed by atoms with van der Waals surface area (Å²) in [6.45, 7) is 6.08. The van der Waals surface area contributed by atoms with E-state index in [1.165, 1.54) is 0 Å². The van der Waals surface area contributed by atoms with E-state index in [0.717, 1.165) is 17.7 Å². The molecule has 1 aliphatic heterocycles. The summed E-state index contributed by atoms with van der Waals surface area (Å²) in [6.07, 6.45) is 1.16. The average Bonchev–Trinajstić information content (AvgIpc) is 2.89. The Hall–Kier alpha value is -1.63. The lowest BCUT2D eigenvalue weighted by atomic mass is 9.89. The second kappa shape index (κ2) is 6.89. The fraction of sp³-hybridized carbons (Fsp3) is 0.533. The quantitative estimate of drug-likeness (QED) is 0.369. The third kappa shape index (κ3) is 3.53. The Bertz CT molecular complexity index is 477. The molecule has 5 N–H and O–H groups in total. The molecule has 0 aromatic heterocycles. The fourth-order valence-electron chi connectivity index (χ4n) is 2.52. The summed E-state index contributed by atoms with van der Waals surface area (Å²) < 4.78 is 5.76. The minimum Gasteiger partial charge on any atom is -0.491 e. The minimum absolute atomic E-state index is 0.00888. The predicted molar refractivity (Wildman–Crippen MR) is 81.1 cm³/mol. The number of carbonyl (C=O) groups excluding carboxylic acids is 1. The van der Waals surface area contributed by atoms with Gasteiger partial charge in [0.1, 0.15) is 5.75 Å². The van der Waals surface area contributed by atoms with Crippen LogP contribution in [0, 0.1) is 5.92 Å². The Kier molecular flexibility index (Phi) is 5.17. The summed E-state index contributed by atoms with van der Waals surface area (Å²) in [4.78, 5) is 11.9. The topological polar surface area (TPSA) is 88.4 Å². The van der Waals surface area contributed by atoms with Crippen LogP contribution in [0.3, 0.4) is 0 Å². The predicted octanol–water partition coefficient (Wildman–Crippen LogP) is 1.01. The van der Waals surface area contributed by atoms with Gasteiger partial charge in [0.05, 0.1) is 18.1 Å². The first kappa shape index (κ1) is 15.8. The number of ether oxygens (including phenoxy) is 1. The SMILES string of the molecule is CCC(C)Oc1ccc(C2NNC(C)C2C(=O)NN)cc1. The molecule has 2 rings (SSSR count). The van der Waals surface area contributed by atoms with Gasteiger partial charge in [0, 0.05) is 6.04 Å². The first-order chi connectivity index (χ1) is 10.1. The van der Waals surface area contributed by atoms with Crippen molar-refractivity contribution in [3.63, 3.8) is 0 Å². The second-order valence-corrected chi connectivity index (χ2v) is 5.50. The van der Waals surface area contributed by atoms with E-state index in [4.69, 9.17) is 10.6 Å². The highest BCUT2D eigenvalue weighted by molar-refractivity contribution is 5.80. The zero-order valence-corrected chi connectivity index (χ0v) is 12.7. The maximum absolute atomic E-state index is 11.9. The van der Waals surface area contributed by atoms with E-state index in [2.05, 4.69) is 23.2 Å². The number of benzene rings is 1. The van der Waals surface area contributed by atoms with Crippen molar-refractivity contribution in [2.24, 2.45) is 11.8 Å². The summed E-state index contributed by atoms with van der Waals surface area (Å²) >= 11 is 0. The van der Waals surface area contributed by atoms with Crippen LogP contribution in [-0.4, -0.2) is 18.1 Å². The van der Waals surface area contributed by atoms with Gasteiger partial charge in [0.25, 0.3) is 0 Å². The number of nitrogens with two attached hydrogens (primary N) is 1. The number of carbonyl (C=O) groups is 1. The number of hydrogen-bond acceptors (Lipinski definition) is 5. The van der Waals surface area contributed by atoms with E-state index in [9.17, 15) is 4.79 Å². The van der Waals surface area contributed by atoms with Crippen LogP contribution in [0.5, 0.6) is 5.75 Å². The van der Waals surface area contributed by atoms with E-state index in [1.807, 2.05) is 38.1 Å². The Morgan fingerprint density at radius 1 is 1.38 bits per heavy atom. The smallest absolute Gasteiger partial charge is 0.240 e. The molecule has 1 heterocycles. The number of nitrogens with one attached hydrogen (secondary N) is 3. The zero-order chi connectivity index (χ0) is 15.4. The summed E-state index contributed by atoms with van der Waals surface area (Å²) in [7, 11) is 0. The van der Waals surface area contributed by atoms with Crippen LogP contribution >= 0.6 is 0 Å². The van der Waals surface area contributed by atoms with Crippen molar-refractivity contribution in [2.75, 3.05) is 0 Å². The van der Waals surface area contributed by atoms with Gasteiger partial charge < -0.3 is 4.74 Å². The summed E-state index contributed by atoms with van der Waals surface area (Å²) in [6, 6.07) is 7.72. The third-order valence-electron chi connectivity index (χ3n) is 3.96. The molecule has 6 heteroatoms. The van der Waals surface area contributed by atoms with Gasteiger partial charge in [0.2, 0.25) is 5.91 Å². The molecular formula is C15H24N4O2. The van der Waals surface area contributed by atoms with Gasteiger partial charge in [-0.3, -0.25) is 15.6 Å². The van der Waals surface area contributed by atoms with E-state index in [-0.39, 0.29) is 30.0 Å². The average molecular weight is 292 g/mol. The van der Waals surface area contributed by atoms with E-state index < -0.39 is 0 Å². The van der Waals surface area contributed by atoms with Gasteiger partial charge in [-0.2, -0.15) is 0 Å². The van der Waals surface area contributed by atoms with Crippen molar-refractivity contribution in [1.82, 2.24) is 16.3 Å². The van der Waals surface area contributed by atoms with Crippen molar-refractivity contribution in [1.29, 1.82) is 0 Å². The van der Waals surface area contributed by atoms with Crippen LogP contribution in [0.15, 0.2) is 24.3 Å². The van der Waals surface area contributed by atoms with E-state index in [0.29, 0.717) is 0 Å².